The minimum Gasteiger partial charge on any atom is -0.683 e. The molecule has 9 N–H and O–H groups in total. The van der Waals surface area contributed by atoms with Crippen LogP contribution in [0.1, 0.15) is 28.9 Å². The first-order chi connectivity index (χ1) is 19.5. The molecule has 2 atom stereocenters. The van der Waals surface area contributed by atoms with E-state index in [0.29, 0.717) is 11.4 Å². The van der Waals surface area contributed by atoms with E-state index in [9.17, 15) is 39.1 Å². The predicted molar refractivity (Wildman–Crippen MR) is 141 cm³/mol. The molecule has 19 nitrogen and oxygen atoms in total. The molecule has 2 aromatic heterocycles. The number of nitrogens with one attached hydrogen (secondary N) is 2. The van der Waals surface area contributed by atoms with Crippen molar-refractivity contribution in [2.75, 3.05) is 23.4 Å². The number of benzene rings is 1. The van der Waals surface area contributed by atoms with Crippen molar-refractivity contribution in [1.82, 2.24) is 30.6 Å². The summed E-state index contributed by atoms with van der Waals surface area (Å²) >= 11 is 0. The molecule has 226 valence electrons. The standard InChI is InChI=1S/C21H27N9O10P2/c1-30(9-11-8-24-17-15(25-11)16(22)28-20(23)29-17)12-4-2-10(3-5-12)18(32)26-13(19(33)34)6-7-14(31)27-21(41(35,36)37)42(38,39)40/h2-5,8,13,21H,6-7,9H2,1H3,(H,26,32)(H,27,31)(H,33,34)(H2,35,36,37)(H2,38,39,40)(H4,22,23,24,28,29)/p-2. The Morgan fingerprint density at radius 3 is 2.24 bits per heavy atom. The van der Waals surface area contributed by atoms with Crippen LogP contribution in [0.5, 0.6) is 0 Å². The summed E-state index contributed by atoms with van der Waals surface area (Å²) in [5.74, 6) is -3.63. The average Bonchev–Trinajstić information content (AvgIpc) is 2.88. The molecule has 3 rings (SSSR count). The molecule has 0 aliphatic carbocycles. The van der Waals surface area contributed by atoms with Gasteiger partial charge in [0.25, 0.3) is 19.4 Å². The topological polar surface area (TPSA) is 335 Å². The molecular formula is C21H25N9O10P2-2. The quantitative estimate of drug-likeness (QED) is 0.0933. The van der Waals surface area contributed by atoms with Gasteiger partial charge in [-0.25, -0.2) is 24.5 Å². The van der Waals surface area contributed by atoms with Crippen LogP contribution < -0.4 is 46.6 Å². The van der Waals surface area contributed by atoms with Gasteiger partial charge >= 0.3 is 5.97 Å². The van der Waals surface area contributed by atoms with E-state index in [4.69, 9.17) is 21.3 Å². The van der Waals surface area contributed by atoms with Crippen LogP contribution in [0.4, 0.5) is 17.5 Å². The first kappa shape index (κ1) is 32.6. The lowest BCUT2D eigenvalue weighted by Crippen LogP contribution is -2.52. The third kappa shape index (κ3) is 8.54. The number of hydrogen-bond donors (Lipinski definition) is 7. The van der Waals surface area contributed by atoms with Gasteiger partial charge < -0.3 is 46.4 Å². The number of aliphatic carboxylic acids is 1. The summed E-state index contributed by atoms with van der Waals surface area (Å²) in [6.07, 6.45) is 0.129. The summed E-state index contributed by atoms with van der Waals surface area (Å²) < 4.78 is 0. The van der Waals surface area contributed by atoms with Gasteiger partial charge in [-0.1, -0.05) is 7.94 Å². The molecule has 21 heteroatoms. The summed E-state index contributed by atoms with van der Waals surface area (Å²) in [5, 5.41) is 13.0. The van der Waals surface area contributed by atoms with Crippen LogP contribution in [0.3, 0.4) is 0 Å². The number of carbonyl (C=O) groups is 3. The zero-order chi connectivity index (χ0) is 31.4. The van der Waals surface area contributed by atoms with Crippen LogP contribution in [-0.2, 0) is 16.1 Å². The second kappa shape index (κ2) is 12.9. The second-order valence-electron chi connectivity index (χ2n) is 8.88. The van der Waals surface area contributed by atoms with Crippen LogP contribution >= 0.6 is 15.9 Å². The van der Waals surface area contributed by atoms with Gasteiger partial charge in [-0.3, -0.25) is 14.9 Å². The maximum Gasteiger partial charge on any atom is 0.326 e. The number of fused-ring (bicyclic) bond motifs is 1. The van der Waals surface area contributed by atoms with Crippen molar-refractivity contribution in [3.8, 4) is 0 Å². The van der Waals surface area contributed by atoms with Crippen molar-refractivity contribution in [2.45, 2.75) is 31.0 Å². The van der Waals surface area contributed by atoms with Gasteiger partial charge in [0.2, 0.25) is 11.9 Å². The number of hydrogen-bond acceptors (Lipinski definition) is 16. The third-order valence-electron chi connectivity index (χ3n) is 5.64. The van der Waals surface area contributed by atoms with Gasteiger partial charge in [-0.15, -0.1) is 0 Å². The fraction of sp³-hybridized carbons (Fsp3) is 0.286. The second-order valence-corrected chi connectivity index (χ2v) is 12.6. The Morgan fingerprint density at radius 2 is 1.67 bits per heavy atom. The van der Waals surface area contributed by atoms with E-state index in [-0.39, 0.29) is 35.0 Å². The van der Waals surface area contributed by atoms with Crippen LogP contribution in [0, 0.1) is 0 Å². The Labute approximate surface area is 238 Å². The third-order valence-corrected chi connectivity index (χ3v) is 8.89. The number of carboxylic acid groups (broad SMARTS) is 1. The number of anilines is 3. The molecule has 0 aliphatic rings. The summed E-state index contributed by atoms with van der Waals surface area (Å²) in [4.78, 5) is 117. The van der Waals surface area contributed by atoms with Gasteiger partial charge in [0, 0.05) is 24.7 Å². The first-order valence-electron chi connectivity index (χ1n) is 11.7. The maximum atomic E-state index is 12.6. The molecule has 2 amide bonds. The molecule has 1 aromatic carbocycles. The van der Waals surface area contributed by atoms with Crippen LogP contribution in [0.25, 0.3) is 11.2 Å². The molecule has 0 aliphatic heterocycles. The molecule has 2 unspecified atom stereocenters. The van der Waals surface area contributed by atoms with Crippen molar-refractivity contribution in [3.05, 3.63) is 41.7 Å². The van der Waals surface area contributed by atoms with E-state index < -0.39 is 58.1 Å². The lowest BCUT2D eigenvalue weighted by Gasteiger charge is -2.47. The highest BCUT2D eigenvalue weighted by atomic mass is 31.3. The van der Waals surface area contributed by atoms with Crippen molar-refractivity contribution in [3.63, 3.8) is 0 Å². The number of rotatable bonds is 12. The predicted octanol–water partition coefficient (Wildman–Crippen LogP) is -4.47. The van der Waals surface area contributed by atoms with E-state index in [1.54, 1.807) is 24.1 Å². The summed E-state index contributed by atoms with van der Waals surface area (Å²) in [5.41, 5.74) is 10.2. The van der Waals surface area contributed by atoms with Crippen molar-refractivity contribution < 1.29 is 48.9 Å². The largest absolute Gasteiger partial charge is 0.683 e. The normalized spacial score (nSPS) is 13.3. The summed E-state index contributed by atoms with van der Waals surface area (Å²) in [6, 6.07) is 4.36. The van der Waals surface area contributed by atoms with E-state index in [1.807, 2.05) is 0 Å². The van der Waals surface area contributed by atoms with Gasteiger partial charge in [0.05, 0.1) is 18.4 Å². The zero-order valence-electron chi connectivity index (χ0n) is 21.6. The Bertz CT molecular complexity index is 1450. The van der Waals surface area contributed by atoms with E-state index in [0.717, 1.165) is 0 Å². The van der Waals surface area contributed by atoms with Gasteiger partial charge in [-0.05, 0) is 30.7 Å². The molecule has 0 saturated carbocycles. The number of aromatic nitrogens is 4. The highest BCUT2D eigenvalue weighted by Crippen LogP contribution is 2.58. The highest BCUT2D eigenvalue weighted by Gasteiger charge is 2.42. The Hall–Kier alpha value is -3.93. The van der Waals surface area contributed by atoms with Gasteiger partial charge in [-0.2, -0.15) is 9.97 Å². The number of nitrogen functional groups attached to an aromatic ring is 2. The van der Waals surface area contributed by atoms with Crippen molar-refractivity contribution in [2.24, 2.45) is 0 Å². The van der Waals surface area contributed by atoms with Crippen molar-refractivity contribution >= 4 is 62.3 Å². The molecular weight excluding hydrogens is 600 g/mol. The van der Waals surface area contributed by atoms with E-state index in [1.165, 1.54) is 23.6 Å². The molecule has 42 heavy (non-hydrogen) atoms. The monoisotopic (exact) mass is 625 g/mol. The molecule has 3 aromatic rings. The summed E-state index contributed by atoms with van der Waals surface area (Å²) in [6.45, 7) is 0.276. The molecule has 0 bridgehead atoms. The maximum absolute atomic E-state index is 12.6. The number of carbonyl (C=O) groups excluding carboxylic acids is 2. The van der Waals surface area contributed by atoms with E-state index in [2.05, 4.69) is 25.3 Å². The highest BCUT2D eigenvalue weighted by molar-refractivity contribution is 7.74. The minimum atomic E-state index is -5.93. The SMILES string of the molecule is CN(Cc1cnc2nc(N)nc(N)c2n1)c1ccc(C(=O)NC(CCC(=O)NC([P+]([O-])([O-])[O-])[P+]([O-])(O)O)C(=O)O)cc1. The van der Waals surface area contributed by atoms with Gasteiger partial charge in [0.1, 0.15) is 6.04 Å². The zero-order valence-corrected chi connectivity index (χ0v) is 23.4. The fourth-order valence-corrected chi connectivity index (χ4v) is 5.69. The fourth-order valence-electron chi connectivity index (χ4n) is 3.60. The molecule has 0 spiro atoms. The van der Waals surface area contributed by atoms with Crippen LogP contribution in [0.15, 0.2) is 30.5 Å². The van der Waals surface area contributed by atoms with E-state index >= 15 is 0 Å². The van der Waals surface area contributed by atoms with Crippen molar-refractivity contribution in [1.29, 1.82) is 0 Å². The number of nitrogens with two attached hydrogens (primary N) is 2. The number of carboxylic acids is 1. The number of nitrogens with zero attached hydrogens (tertiary/aromatic N) is 5. The average molecular weight is 625 g/mol. The van der Waals surface area contributed by atoms with Crippen LogP contribution in [-0.4, -0.2) is 71.2 Å². The summed E-state index contributed by atoms with van der Waals surface area (Å²) in [7, 11) is -9.75. The first-order valence-corrected chi connectivity index (χ1v) is 15.0. The molecule has 0 radical (unpaired) electrons. The molecule has 2 heterocycles. The molecule has 0 saturated heterocycles. The number of amides is 2. The molecule has 0 fully saturated rings. The van der Waals surface area contributed by atoms with Gasteiger partial charge in [0.15, 0.2) is 17.0 Å². The Balaban J connectivity index is 1.61. The van der Waals surface area contributed by atoms with Crippen LogP contribution in [0.2, 0.25) is 0 Å². The Kier molecular flexibility index (Phi) is 10.0. The smallest absolute Gasteiger partial charge is 0.326 e. The Morgan fingerprint density at radius 1 is 1.02 bits per heavy atom. The minimum absolute atomic E-state index is 0.0338. The lowest BCUT2D eigenvalue weighted by atomic mass is 10.1. The lowest BCUT2D eigenvalue weighted by molar-refractivity contribution is -0.430.